The highest BCUT2D eigenvalue weighted by Crippen LogP contribution is 2.33. The fourth-order valence-electron chi connectivity index (χ4n) is 6.16. The number of hydrogen-bond donors (Lipinski definition) is 0. The van der Waals surface area contributed by atoms with Crippen molar-refractivity contribution in [3.8, 4) is 33.4 Å². The van der Waals surface area contributed by atoms with Crippen molar-refractivity contribution in [1.82, 2.24) is 0 Å². The Labute approximate surface area is 266 Å². The van der Waals surface area contributed by atoms with Crippen LogP contribution in [0.5, 0.6) is 0 Å². The zero-order chi connectivity index (χ0) is 30.3. The first kappa shape index (κ1) is 29.5. The average Bonchev–Trinajstić information content (AvgIpc) is 3.10. The standard InChI is InChI=1S/C39H42N3O3/c1-7-34(8-2-31(1)28-40-13-19-43-20-14-40)37-25-38(35-9-3-32(4-10-35)29-41-15-21-44-22-16-41)27-39(26-37)36-11-5-33(6-12-36)30-42-17-23-45-24-18-42/h1-12,25-30H,13-24H2/q+3. The topological polar surface area (TPSA) is 36.7 Å². The summed E-state index contributed by atoms with van der Waals surface area (Å²) >= 11 is 0. The molecule has 0 bridgehead atoms. The van der Waals surface area contributed by atoms with Crippen LogP contribution in [-0.4, -0.2) is 111 Å². The second kappa shape index (κ2) is 14.2. The zero-order valence-electron chi connectivity index (χ0n) is 25.9. The molecule has 0 unspecified atom stereocenters. The van der Waals surface area contributed by atoms with Gasteiger partial charge in [0.2, 0.25) is 0 Å². The normalized spacial score (nSPS) is 17.2. The van der Waals surface area contributed by atoms with Gasteiger partial charge in [-0.25, -0.2) is 13.7 Å². The van der Waals surface area contributed by atoms with E-state index in [1.807, 2.05) is 0 Å². The SMILES string of the molecule is C(c1ccc(-c2cc(-c3ccc(C=[N+]4CCOCC4)cc3)cc(-c3ccc(C=[N+]4CCOCC4)cc3)c2)cc1)=[N+]1CCOCC1. The molecule has 4 aromatic carbocycles. The van der Waals surface area contributed by atoms with E-state index in [9.17, 15) is 0 Å². The summed E-state index contributed by atoms with van der Waals surface area (Å²) in [5, 5.41) is 0. The number of nitrogens with zero attached hydrogens (tertiary/aromatic N) is 3. The third-order valence-corrected chi connectivity index (χ3v) is 8.80. The van der Waals surface area contributed by atoms with Gasteiger partial charge in [0.1, 0.15) is 39.6 Å². The summed E-state index contributed by atoms with van der Waals surface area (Å²) in [6, 6.07) is 33.8. The van der Waals surface area contributed by atoms with Crippen molar-refractivity contribution in [2.75, 3.05) is 78.9 Å². The van der Waals surface area contributed by atoms with E-state index in [0.717, 1.165) is 78.9 Å². The van der Waals surface area contributed by atoms with Gasteiger partial charge in [0.15, 0.2) is 57.9 Å². The number of hydrogen-bond acceptors (Lipinski definition) is 3. The van der Waals surface area contributed by atoms with Crippen LogP contribution in [0.25, 0.3) is 33.4 Å². The van der Waals surface area contributed by atoms with Crippen LogP contribution in [0.15, 0.2) is 91.0 Å². The van der Waals surface area contributed by atoms with Crippen LogP contribution in [0.1, 0.15) is 16.7 Å². The van der Waals surface area contributed by atoms with E-state index in [2.05, 4.69) is 123 Å². The van der Waals surface area contributed by atoms with Crippen LogP contribution in [0.3, 0.4) is 0 Å². The van der Waals surface area contributed by atoms with Gasteiger partial charge in [-0.3, -0.25) is 0 Å². The molecule has 0 saturated carbocycles. The van der Waals surface area contributed by atoms with Crippen molar-refractivity contribution in [2.45, 2.75) is 0 Å². The maximum atomic E-state index is 5.51. The van der Waals surface area contributed by atoms with Crippen LogP contribution in [0.4, 0.5) is 0 Å². The molecule has 6 nitrogen and oxygen atoms in total. The van der Waals surface area contributed by atoms with Gasteiger partial charge < -0.3 is 14.2 Å². The van der Waals surface area contributed by atoms with Crippen molar-refractivity contribution >= 4 is 18.6 Å². The molecule has 4 aromatic rings. The van der Waals surface area contributed by atoms with Gasteiger partial charge in [0.25, 0.3) is 0 Å². The molecule has 0 aromatic heterocycles. The van der Waals surface area contributed by atoms with Crippen LogP contribution in [-0.2, 0) is 14.2 Å². The highest BCUT2D eigenvalue weighted by Gasteiger charge is 2.14. The molecule has 0 aliphatic carbocycles. The minimum Gasteiger partial charge on any atom is -0.368 e. The lowest BCUT2D eigenvalue weighted by Crippen LogP contribution is -2.29. The van der Waals surface area contributed by atoms with Crippen LogP contribution in [0, 0.1) is 0 Å². The Kier molecular flexibility index (Phi) is 9.33. The quantitative estimate of drug-likeness (QED) is 0.290. The minimum atomic E-state index is 0.794. The molecule has 0 N–H and O–H groups in total. The number of ether oxygens (including phenoxy) is 3. The third-order valence-electron chi connectivity index (χ3n) is 8.80. The predicted molar refractivity (Wildman–Crippen MR) is 181 cm³/mol. The minimum absolute atomic E-state index is 0.794. The average molecular weight is 601 g/mol. The summed E-state index contributed by atoms with van der Waals surface area (Å²) in [6.45, 7) is 10.4. The van der Waals surface area contributed by atoms with Gasteiger partial charge in [-0.05, 0) is 88.0 Å². The molecule has 0 spiro atoms. The molecule has 228 valence electrons. The van der Waals surface area contributed by atoms with Gasteiger partial charge >= 0.3 is 0 Å². The molecule has 7 rings (SSSR count). The van der Waals surface area contributed by atoms with Gasteiger partial charge in [-0.1, -0.05) is 36.4 Å². The molecular weight excluding hydrogens is 558 g/mol. The molecule has 3 fully saturated rings. The van der Waals surface area contributed by atoms with E-state index in [0.29, 0.717) is 0 Å². The molecule has 3 aliphatic heterocycles. The van der Waals surface area contributed by atoms with E-state index >= 15 is 0 Å². The molecule has 0 amide bonds. The molecule has 6 heteroatoms. The first-order valence-electron chi connectivity index (χ1n) is 16.2. The molecule has 3 heterocycles. The number of rotatable bonds is 6. The second-order valence-electron chi connectivity index (χ2n) is 12.0. The summed E-state index contributed by atoms with van der Waals surface area (Å²) < 4.78 is 23.6. The maximum absolute atomic E-state index is 5.51. The summed E-state index contributed by atoms with van der Waals surface area (Å²) in [5.74, 6) is 0. The summed E-state index contributed by atoms with van der Waals surface area (Å²) in [7, 11) is 0. The van der Waals surface area contributed by atoms with Crippen LogP contribution in [0.2, 0.25) is 0 Å². The fourth-order valence-corrected chi connectivity index (χ4v) is 6.16. The number of morpholine rings is 3. The molecule has 0 atom stereocenters. The Morgan fingerprint density at radius 3 is 0.822 bits per heavy atom. The Balaban J connectivity index is 1.20. The zero-order valence-corrected chi connectivity index (χ0v) is 25.9. The lowest BCUT2D eigenvalue weighted by Gasteiger charge is -2.13. The van der Waals surface area contributed by atoms with Crippen molar-refractivity contribution in [2.24, 2.45) is 0 Å². The van der Waals surface area contributed by atoms with Gasteiger partial charge in [-0.2, -0.15) is 0 Å². The largest absolute Gasteiger partial charge is 0.368 e. The van der Waals surface area contributed by atoms with Gasteiger partial charge in [-0.15, -0.1) is 0 Å². The Hall–Kier alpha value is -4.23. The molecule has 0 radical (unpaired) electrons. The first-order valence-corrected chi connectivity index (χ1v) is 16.2. The molecule has 45 heavy (non-hydrogen) atoms. The van der Waals surface area contributed by atoms with E-state index in [4.69, 9.17) is 14.2 Å². The van der Waals surface area contributed by atoms with E-state index in [-0.39, 0.29) is 0 Å². The highest BCUT2D eigenvalue weighted by molar-refractivity contribution is 5.85. The molecule has 3 aliphatic rings. The molecule has 3 saturated heterocycles. The Morgan fingerprint density at radius 2 is 0.578 bits per heavy atom. The lowest BCUT2D eigenvalue weighted by molar-refractivity contribution is -0.544. The summed E-state index contributed by atoms with van der Waals surface area (Å²) in [6.07, 6.45) is 6.75. The smallest absolute Gasteiger partial charge is 0.170 e. The van der Waals surface area contributed by atoms with Crippen molar-refractivity contribution in [3.63, 3.8) is 0 Å². The van der Waals surface area contributed by atoms with Gasteiger partial charge in [0, 0.05) is 16.7 Å². The highest BCUT2D eigenvalue weighted by atomic mass is 16.5. The predicted octanol–water partition coefficient (Wildman–Crippen LogP) is 5.07. The lowest BCUT2D eigenvalue weighted by atomic mass is 9.92. The maximum Gasteiger partial charge on any atom is 0.170 e. The first-order chi connectivity index (χ1) is 22.2. The van der Waals surface area contributed by atoms with Crippen LogP contribution < -0.4 is 0 Å². The number of benzene rings is 4. The fraction of sp³-hybridized carbons (Fsp3) is 0.308. The van der Waals surface area contributed by atoms with E-state index in [1.165, 1.54) is 50.1 Å². The van der Waals surface area contributed by atoms with E-state index < -0.39 is 0 Å². The van der Waals surface area contributed by atoms with E-state index in [1.54, 1.807) is 0 Å². The third kappa shape index (κ3) is 7.71. The second-order valence-corrected chi connectivity index (χ2v) is 12.0. The van der Waals surface area contributed by atoms with Crippen molar-refractivity contribution in [1.29, 1.82) is 0 Å². The summed E-state index contributed by atoms with van der Waals surface area (Å²) in [4.78, 5) is 0. The van der Waals surface area contributed by atoms with Crippen molar-refractivity contribution in [3.05, 3.63) is 108 Å². The van der Waals surface area contributed by atoms with Crippen LogP contribution >= 0.6 is 0 Å². The molecular formula is C39H42N3O3+3. The monoisotopic (exact) mass is 600 g/mol. The Morgan fingerprint density at radius 1 is 0.333 bits per heavy atom. The van der Waals surface area contributed by atoms with Gasteiger partial charge in [0.05, 0.1) is 0 Å². The van der Waals surface area contributed by atoms with Crippen molar-refractivity contribution < 1.29 is 27.9 Å². The summed E-state index contributed by atoms with van der Waals surface area (Å²) in [5.41, 5.74) is 10.9. The Bertz CT molecular complexity index is 1460.